The Morgan fingerprint density at radius 2 is 2.00 bits per heavy atom. The lowest BCUT2D eigenvalue weighted by Crippen LogP contribution is -2.11. The molecule has 0 saturated heterocycles. The molecule has 1 aromatic carbocycles. The van der Waals surface area contributed by atoms with Gasteiger partial charge in [-0.2, -0.15) is 0 Å². The molecule has 3 aromatic rings. The Kier molecular flexibility index (Phi) is 3.72. The summed E-state index contributed by atoms with van der Waals surface area (Å²) in [5.41, 5.74) is 4.24. The van der Waals surface area contributed by atoms with Crippen LogP contribution in [0.4, 0.5) is 0 Å². The van der Waals surface area contributed by atoms with Gasteiger partial charge in [-0.25, -0.2) is 4.98 Å². The zero-order valence-corrected chi connectivity index (χ0v) is 12.1. The van der Waals surface area contributed by atoms with Crippen molar-refractivity contribution >= 4 is 17.2 Å². The van der Waals surface area contributed by atoms with Crippen LogP contribution in [0.1, 0.15) is 12.5 Å². The molecule has 0 spiro atoms. The Balaban J connectivity index is 1.95. The maximum atomic E-state index is 5.91. The first-order valence-corrected chi connectivity index (χ1v) is 7.08. The fourth-order valence-corrected chi connectivity index (χ4v) is 2.29. The summed E-state index contributed by atoms with van der Waals surface area (Å²) in [6, 6.07) is 12.0. The van der Waals surface area contributed by atoms with Crippen LogP contribution < -0.4 is 5.32 Å². The number of imidazole rings is 1. The van der Waals surface area contributed by atoms with Crippen molar-refractivity contribution < 1.29 is 0 Å². The van der Waals surface area contributed by atoms with E-state index in [9.17, 15) is 0 Å². The van der Waals surface area contributed by atoms with Gasteiger partial charge in [-0.05, 0) is 36.4 Å². The van der Waals surface area contributed by atoms with Crippen molar-refractivity contribution in [3.63, 3.8) is 0 Å². The average Bonchev–Trinajstić information content (AvgIpc) is 2.89. The van der Waals surface area contributed by atoms with Crippen molar-refractivity contribution in [2.24, 2.45) is 0 Å². The van der Waals surface area contributed by atoms with Crippen LogP contribution in [0.3, 0.4) is 0 Å². The van der Waals surface area contributed by atoms with Gasteiger partial charge in [0.1, 0.15) is 5.65 Å². The van der Waals surface area contributed by atoms with Gasteiger partial charge in [-0.15, -0.1) is 0 Å². The van der Waals surface area contributed by atoms with Crippen molar-refractivity contribution in [3.8, 4) is 11.3 Å². The number of aromatic nitrogens is 2. The molecule has 0 saturated carbocycles. The molecule has 0 atom stereocenters. The first kappa shape index (κ1) is 13.2. The highest BCUT2D eigenvalue weighted by Crippen LogP contribution is 2.21. The lowest BCUT2D eigenvalue weighted by atomic mass is 10.2. The van der Waals surface area contributed by atoms with E-state index in [1.54, 1.807) is 0 Å². The molecule has 0 aliphatic carbocycles. The minimum Gasteiger partial charge on any atom is -0.313 e. The molecular weight excluding hydrogens is 270 g/mol. The average molecular weight is 286 g/mol. The Labute approximate surface area is 123 Å². The first-order valence-electron chi connectivity index (χ1n) is 6.70. The zero-order chi connectivity index (χ0) is 13.9. The third-order valence-electron chi connectivity index (χ3n) is 3.24. The second-order valence-corrected chi connectivity index (χ2v) is 5.15. The quantitative estimate of drug-likeness (QED) is 0.791. The third kappa shape index (κ3) is 2.69. The topological polar surface area (TPSA) is 29.3 Å². The van der Waals surface area contributed by atoms with Crippen LogP contribution in [0.5, 0.6) is 0 Å². The van der Waals surface area contributed by atoms with Crippen molar-refractivity contribution in [1.29, 1.82) is 0 Å². The number of hydrogen-bond donors (Lipinski definition) is 1. The lowest BCUT2D eigenvalue weighted by Gasteiger charge is -2.01. The normalized spacial score (nSPS) is 11.1. The van der Waals surface area contributed by atoms with Gasteiger partial charge in [0.15, 0.2) is 0 Å². The van der Waals surface area contributed by atoms with Gasteiger partial charge in [0.25, 0.3) is 0 Å². The summed E-state index contributed by atoms with van der Waals surface area (Å²) in [5.74, 6) is 0. The van der Waals surface area contributed by atoms with Crippen molar-refractivity contribution in [2.75, 3.05) is 6.54 Å². The van der Waals surface area contributed by atoms with E-state index in [0.717, 1.165) is 35.0 Å². The summed E-state index contributed by atoms with van der Waals surface area (Å²) in [4.78, 5) is 4.67. The van der Waals surface area contributed by atoms with Crippen LogP contribution in [-0.2, 0) is 6.54 Å². The largest absolute Gasteiger partial charge is 0.313 e. The summed E-state index contributed by atoms with van der Waals surface area (Å²) in [6.45, 7) is 3.94. The fraction of sp³-hybridized carbons (Fsp3) is 0.188. The molecule has 0 aliphatic rings. The summed E-state index contributed by atoms with van der Waals surface area (Å²) in [6.07, 6.45) is 4.09. The fourth-order valence-electron chi connectivity index (χ4n) is 2.16. The maximum absolute atomic E-state index is 5.91. The SMILES string of the molecule is CCNCc1ccn2cc(-c3ccc(Cl)cc3)nc2c1. The van der Waals surface area contributed by atoms with Crippen molar-refractivity contribution in [2.45, 2.75) is 13.5 Å². The second kappa shape index (κ2) is 5.65. The molecule has 0 aliphatic heterocycles. The van der Waals surface area contributed by atoms with Gasteiger partial charge in [0, 0.05) is 29.5 Å². The summed E-state index contributed by atoms with van der Waals surface area (Å²) >= 11 is 5.91. The predicted octanol–water partition coefficient (Wildman–Crippen LogP) is 3.76. The van der Waals surface area contributed by atoms with Gasteiger partial charge in [-0.1, -0.05) is 30.7 Å². The molecular formula is C16H16ClN3. The summed E-state index contributed by atoms with van der Waals surface area (Å²) in [7, 11) is 0. The maximum Gasteiger partial charge on any atom is 0.137 e. The van der Waals surface area contributed by atoms with Crippen LogP contribution in [0.2, 0.25) is 5.02 Å². The number of hydrogen-bond acceptors (Lipinski definition) is 2. The molecule has 3 nitrogen and oxygen atoms in total. The third-order valence-corrected chi connectivity index (χ3v) is 3.50. The van der Waals surface area contributed by atoms with E-state index in [0.29, 0.717) is 0 Å². The van der Waals surface area contributed by atoms with Gasteiger partial charge < -0.3 is 9.72 Å². The number of fused-ring (bicyclic) bond motifs is 1. The molecule has 2 aromatic heterocycles. The molecule has 2 heterocycles. The van der Waals surface area contributed by atoms with Crippen LogP contribution in [-0.4, -0.2) is 15.9 Å². The monoisotopic (exact) mass is 285 g/mol. The van der Waals surface area contributed by atoms with Crippen molar-refractivity contribution in [3.05, 3.63) is 59.4 Å². The predicted molar refractivity (Wildman–Crippen MR) is 83.0 cm³/mol. The number of rotatable bonds is 4. The van der Waals surface area contributed by atoms with E-state index >= 15 is 0 Å². The minimum absolute atomic E-state index is 0.741. The number of pyridine rings is 1. The molecule has 4 heteroatoms. The summed E-state index contributed by atoms with van der Waals surface area (Å²) < 4.78 is 2.04. The Bertz CT molecular complexity index is 716. The molecule has 20 heavy (non-hydrogen) atoms. The van der Waals surface area contributed by atoms with E-state index in [1.165, 1.54) is 5.56 Å². The molecule has 3 rings (SSSR count). The second-order valence-electron chi connectivity index (χ2n) is 4.71. The molecule has 0 radical (unpaired) electrons. The standard InChI is InChI=1S/C16H16ClN3/c1-2-18-10-12-7-8-20-11-15(19-16(20)9-12)13-3-5-14(17)6-4-13/h3-9,11,18H,2,10H2,1H3. The molecule has 102 valence electrons. The van der Waals surface area contributed by atoms with Gasteiger partial charge in [0.05, 0.1) is 5.69 Å². The van der Waals surface area contributed by atoms with E-state index < -0.39 is 0 Å². The zero-order valence-electron chi connectivity index (χ0n) is 11.3. The number of benzene rings is 1. The smallest absolute Gasteiger partial charge is 0.137 e. The van der Waals surface area contributed by atoms with E-state index in [4.69, 9.17) is 11.6 Å². The highest BCUT2D eigenvalue weighted by atomic mass is 35.5. The van der Waals surface area contributed by atoms with E-state index in [1.807, 2.05) is 34.9 Å². The lowest BCUT2D eigenvalue weighted by molar-refractivity contribution is 0.726. The number of nitrogens with one attached hydrogen (secondary N) is 1. The highest BCUT2D eigenvalue weighted by Gasteiger charge is 2.05. The molecule has 0 unspecified atom stereocenters. The first-order chi connectivity index (χ1) is 9.76. The van der Waals surface area contributed by atoms with Gasteiger partial charge >= 0.3 is 0 Å². The van der Waals surface area contributed by atoms with Gasteiger partial charge in [0.2, 0.25) is 0 Å². The van der Waals surface area contributed by atoms with Crippen LogP contribution >= 0.6 is 11.6 Å². The molecule has 1 N–H and O–H groups in total. The van der Waals surface area contributed by atoms with E-state index in [-0.39, 0.29) is 0 Å². The molecule has 0 amide bonds. The molecule has 0 bridgehead atoms. The Morgan fingerprint density at radius 1 is 1.20 bits per heavy atom. The van der Waals surface area contributed by atoms with E-state index in [2.05, 4.69) is 35.6 Å². The van der Waals surface area contributed by atoms with Crippen LogP contribution in [0.25, 0.3) is 16.9 Å². The van der Waals surface area contributed by atoms with Crippen molar-refractivity contribution in [1.82, 2.24) is 14.7 Å². The van der Waals surface area contributed by atoms with Gasteiger partial charge in [-0.3, -0.25) is 0 Å². The Hall–Kier alpha value is -1.84. The minimum atomic E-state index is 0.741. The van der Waals surface area contributed by atoms with Crippen LogP contribution in [0.15, 0.2) is 48.8 Å². The molecule has 0 fully saturated rings. The highest BCUT2D eigenvalue weighted by molar-refractivity contribution is 6.30. The number of halogens is 1. The number of nitrogens with zero attached hydrogens (tertiary/aromatic N) is 2. The van der Waals surface area contributed by atoms with Crippen LogP contribution in [0, 0.1) is 0 Å². The summed E-state index contributed by atoms with van der Waals surface area (Å²) in [5, 5.41) is 4.06. The Morgan fingerprint density at radius 3 is 2.75 bits per heavy atom.